The van der Waals surface area contributed by atoms with Crippen molar-refractivity contribution in [2.45, 2.75) is 19.4 Å². The lowest BCUT2D eigenvalue weighted by molar-refractivity contribution is -0.117. The Morgan fingerprint density at radius 2 is 2.43 bits per heavy atom. The molecule has 2 atom stereocenters. The number of nitrogens with two attached hydrogens (primary N) is 1. The zero-order chi connectivity index (χ0) is 10.1. The fourth-order valence-electron chi connectivity index (χ4n) is 1.34. The summed E-state index contributed by atoms with van der Waals surface area (Å²) in [5.74, 6) is 0.604. The van der Waals surface area contributed by atoms with Gasteiger partial charge in [0, 0.05) is 12.2 Å². The van der Waals surface area contributed by atoms with E-state index in [0.29, 0.717) is 5.82 Å². The van der Waals surface area contributed by atoms with Gasteiger partial charge in [0.15, 0.2) is 0 Å². The fraction of sp³-hybridized carbons (Fsp3) is 0.400. The van der Waals surface area contributed by atoms with Gasteiger partial charge in [0.25, 0.3) is 0 Å². The first-order valence-corrected chi connectivity index (χ1v) is 4.66. The number of rotatable bonds is 2. The van der Waals surface area contributed by atoms with Crippen LogP contribution in [0.3, 0.4) is 0 Å². The number of carbonyl (C=O) groups excluding carboxylic acids is 1. The predicted octanol–water partition coefficient (Wildman–Crippen LogP) is 0.676. The highest BCUT2D eigenvalue weighted by Gasteiger charge is 2.40. The lowest BCUT2D eigenvalue weighted by Crippen LogP contribution is -2.19. The zero-order valence-corrected chi connectivity index (χ0v) is 8.03. The Hall–Kier alpha value is -1.42. The summed E-state index contributed by atoms with van der Waals surface area (Å²) in [5.41, 5.74) is 6.55. The minimum atomic E-state index is -0.0172. The summed E-state index contributed by atoms with van der Waals surface area (Å²) in [4.78, 5) is 15.6. The number of carbonyl (C=O) groups is 1. The van der Waals surface area contributed by atoms with Gasteiger partial charge in [0.2, 0.25) is 5.91 Å². The molecule has 4 heteroatoms. The Bertz CT molecular complexity index is 364. The molecule has 0 bridgehead atoms. The SMILES string of the molecule is Cc1cccnc1NC(=O)C1CC1N. The second-order valence-electron chi connectivity index (χ2n) is 3.66. The van der Waals surface area contributed by atoms with Gasteiger partial charge in [-0.2, -0.15) is 0 Å². The summed E-state index contributed by atoms with van der Waals surface area (Å²) in [5, 5.41) is 2.77. The number of amides is 1. The highest BCUT2D eigenvalue weighted by atomic mass is 16.2. The van der Waals surface area contributed by atoms with Gasteiger partial charge < -0.3 is 11.1 Å². The number of nitrogens with one attached hydrogen (secondary N) is 1. The molecule has 0 saturated heterocycles. The number of anilines is 1. The van der Waals surface area contributed by atoms with E-state index < -0.39 is 0 Å². The third-order valence-electron chi connectivity index (χ3n) is 2.43. The van der Waals surface area contributed by atoms with Gasteiger partial charge in [0.1, 0.15) is 5.82 Å². The highest BCUT2D eigenvalue weighted by molar-refractivity contribution is 5.94. The van der Waals surface area contributed by atoms with Crippen LogP contribution in [0.5, 0.6) is 0 Å². The standard InChI is InChI=1S/C10H13N3O/c1-6-3-2-4-12-9(6)13-10(14)7-5-8(7)11/h2-4,7-8H,5,11H2,1H3,(H,12,13,14). The molecule has 0 spiro atoms. The molecule has 0 aliphatic heterocycles. The van der Waals surface area contributed by atoms with Gasteiger partial charge in [0.05, 0.1) is 5.92 Å². The van der Waals surface area contributed by atoms with E-state index in [9.17, 15) is 4.79 Å². The van der Waals surface area contributed by atoms with Gasteiger partial charge in [-0.05, 0) is 25.0 Å². The number of nitrogens with zero attached hydrogens (tertiary/aromatic N) is 1. The maximum absolute atomic E-state index is 11.5. The Kier molecular flexibility index (Phi) is 2.21. The summed E-state index contributed by atoms with van der Waals surface area (Å²) in [7, 11) is 0. The molecule has 1 aromatic rings. The first-order valence-electron chi connectivity index (χ1n) is 4.66. The lowest BCUT2D eigenvalue weighted by Gasteiger charge is -2.05. The Morgan fingerprint density at radius 3 is 3.00 bits per heavy atom. The van der Waals surface area contributed by atoms with Crippen LogP contribution in [-0.2, 0) is 4.79 Å². The molecule has 1 aromatic heterocycles. The van der Waals surface area contributed by atoms with Crippen molar-refractivity contribution in [2.75, 3.05) is 5.32 Å². The second-order valence-corrected chi connectivity index (χ2v) is 3.66. The van der Waals surface area contributed by atoms with E-state index in [0.717, 1.165) is 12.0 Å². The van der Waals surface area contributed by atoms with Crippen molar-refractivity contribution in [3.05, 3.63) is 23.9 Å². The van der Waals surface area contributed by atoms with E-state index >= 15 is 0 Å². The number of aromatic nitrogens is 1. The van der Waals surface area contributed by atoms with Gasteiger partial charge >= 0.3 is 0 Å². The molecule has 1 aliphatic rings. The van der Waals surface area contributed by atoms with Crippen molar-refractivity contribution in [3.8, 4) is 0 Å². The van der Waals surface area contributed by atoms with Gasteiger partial charge in [-0.1, -0.05) is 6.07 Å². The first kappa shape index (κ1) is 9.15. The number of pyridine rings is 1. The van der Waals surface area contributed by atoms with Crippen molar-refractivity contribution in [1.82, 2.24) is 4.98 Å². The number of aryl methyl sites for hydroxylation is 1. The molecule has 2 rings (SSSR count). The predicted molar refractivity (Wildman–Crippen MR) is 53.7 cm³/mol. The Balaban J connectivity index is 2.04. The normalized spacial score (nSPS) is 24.4. The highest BCUT2D eigenvalue weighted by Crippen LogP contribution is 2.29. The minimum absolute atomic E-state index is 0.0145. The van der Waals surface area contributed by atoms with Crippen molar-refractivity contribution < 1.29 is 4.79 Å². The van der Waals surface area contributed by atoms with Crippen molar-refractivity contribution in [1.29, 1.82) is 0 Å². The molecule has 2 unspecified atom stereocenters. The summed E-state index contributed by atoms with van der Waals surface area (Å²) in [6.07, 6.45) is 2.45. The molecule has 1 amide bonds. The Labute approximate surface area is 82.5 Å². The molecule has 0 aromatic carbocycles. The molecule has 1 heterocycles. The Morgan fingerprint density at radius 1 is 1.71 bits per heavy atom. The largest absolute Gasteiger partial charge is 0.327 e. The average Bonchev–Trinajstić information content (AvgIpc) is 2.87. The topological polar surface area (TPSA) is 68.0 Å². The summed E-state index contributed by atoms with van der Waals surface area (Å²) < 4.78 is 0. The molecule has 1 fully saturated rings. The smallest absolute Gasteiger partial charge is 0.230 e. The summed E-state index contributed by atoms with van der Waals surface area (Å²) in [6, 6.07) is 3.79. The van der Waals surface area contributed by atoms with Crippen molar-refractivity contribution in [2.24, 2.45) is 11.7 Å². The molecule has 3 N–H and O–H groups in total. The third-order valence-corrected chi connectivity index (χ3v) is 2.43. The van der Waals surface area contributed by atoms with E-state index in [1.54, 1.807) is 6.20 Å². The molecule has 0 radical (unpaired) electrons. The van der Waals surface area contributed by atoms with E-state index in [4.69, 9.17) is 5.73 Å². The van der Waals surface area contributed by atoms with Crippen LogP contribution in [0.2, 0.25) is 0 Å². The van der Waals surface area contributed by atoms with Crippen LogP contribution in [0.4, 0.5) is 5.82 Å². The van der Waals surface area contributed by atoms with Crippen LogP contribution in [0, 0.1) is 12.8 Å². The number of hydrogen-bond acceptors (Lipinski definition) is 3. The van der Waals surface area contributed by atoms with Crippen LogP contribution in [-0.4, -0.2) is 16.9 Å². The van der Waals surface area contributed by atoms with Gasteiger partial charge in [-0.15, -0.1) is 0 Å². The van der Waals surface area contributed by atoms with E-state index in [2.05, 4.69) is 10.3 Å². The molecule has 1 aliphatic carbocycles. The summed E-state index contributed by atoms with van der Waals surface area (Å²) >= 11 is 0. The van der Waals surface area contributed by atoms with Crippen LogP contribution in [0.1, 0.15) is 12.0 Å². The van der Waals surface area contributed by atoms with Crippen LogP contribution < -0.4 is 11.1 Å². The fourth-order valence-corrected chi connectivity index (χ4v) is 1.34. The van der Waals surface area contributed by atoms with E-state index in [1.165, 1.54) is 0 Å². The minimum Gasteiger partial charge on any atom is -0.327 e. The molecular formula is C10H13N3O. The van der Waals surface area contributed by atoms with Crippen LogP contribution in [0.25, 0.3) is 0 Å². The maximum atomic E-state index is 11.5. The van der Waals surface area contributed by atoms with Gasteiger partial charge in [-0.3, -0.25) is 4.79 Å². The maximum Gasteiger partial charge on any atom is 0.230 e. The van der Waals surface area contributed by atoms with Crippen molar-refractivity contribution in [3.63, 3.8) is 0 Å². The first-order chi connectivity index (χ1) is 6.68. The van der Waals surface area contributed by atoms with Crippen LogP contribution >= 0.6 is 0 Å². The molecule has 1 saturated carbocycles. The quantitative estimate of drug-likeness (QED) is 0.722. The average molecular weight is 191 g/mol. The third kappa shape index (κ3) is 1.75. The second kappa shape index (κ2) is 3.38. The monoisotopic (exact) mass is 191 g/mol. The molecule has 4 nitrogen and oxygen atoms in total. The number of hydrogen-bond donors (Lipinski definition) is 2. The summed E-state index contributed by atoms with van der Waals surface area (Å²) in [6.45, 7) is 1.91. The lowest BCUT2D eigenvalue weighted by atomic mass is 10.3. The van der Waals surface area contributed by atoms with Crippen molar-refractivity contribution >= 4 is 11.7 Å². The van der Waals surface area contributed by atoms with E-state index in [-0.39, 0.29) is 17.9 Å². The van der Waals surface area contributed by atoms with Gasteiger partial charge in [-0.25, -0.2) is 4.98 Å². The molecular weight excluding hydrogens is 178 g/mol. The van der Waals surface area contributed by atoms with Crippen LogP contribution in [0.15, 0.2) is 18.3 Å². The molecule has 74 valence electrons. The van der Waals surface area contributed by atoms with E-state index in [1.807, 2.05) is 19.1 Å². The zero-order valence-electron chi connectivity index (χ0n) is 8.03. The molecule has 14 heavy (non-hydrogen) atoms.